The van der Waals surface area contributed by atoms with E-state index in [9.17, 15) is 4.79 Å². The van der Waals surface area contributed by atoms with Crippen LogP contribution < -0.4 is 4.90 Å². The molecule has 136 valence electrons. The van der Waals surface area contributed by atoms with Crippen molar-refractivity contribution in [1.29, 1.82) is 0 Å². The first-order chi connectivity index (χ1) is 12.8. The minimum absolute atomic E-state index is 0.0535. The van der Waals surface area contributed by atoms with Gasteiger partial charge in [-0.3, -0.25) is 9.69 Å². The highest BCUT2D eigenvalue weighted by Crippen LogP contribution is 2.35. The lowest BCUT2D eigenvalue weighted by atomic mass is 10.0. The number of fused-ring (bicyclic) bond motifs is 2. The molecule has 0 N–H and O–H groups in total. The third-order valence-electron chi connectivity index (χ3n) is 5.64. The summed E-state index contributed by atoms with van der Waals surface area (Å²) in [5.41, 5.74) is 0. The Morgan fingerprint density at radius 1 is 1.04 bits per heavy atom. The molecular weight excluding hydrogens is 334 g/mol. The molecule has 5 rings (SSSR count). The van der Waals surface area contributed by atoms with Crippen molar-refractivity contribution < 1.29 is 4.79 Å². The highest BCUT2D eigenvalue weighted by molar-refractivity contribution is 5.77. The van der Waals surface area contributed by atoms with E-state index in [1.54, 1.807) is 17.1 Å². The van der Waals surface area contributed by atoms with Crippen molar-refractivity contribution in [2.75, 3.05) is 37.6 Å². The second kappa shape index (κ2) is 6.27. The number of amides is 1. The van der Waals surface area contributed by atoms with Gasteiger partial charge in [-0.25, -0.2) is 14.6 Å². The molecule has 26 heavy (non-hydrogen) atoms. The maximum Gasteiger partial charge on any atom is 0.244 e. The van der Waals surface area contributed by atoms with Gasteiger partial charge in [-0.05, 0) is 29.3 Å². The lowest BCUT2D eigenvalue weighted by Crippen LogP contribution is -2.52. The predicted octanol–water partition coefficient (Wildman–Crippen LogP) is -0.669. The smallest absolute Gasteiger partial charge is 0.244 e. The summed E-state index contributed by atoms with van der Waals surface area (Å²) in [5.74, 6) is 1.72. The topological polar surface area (TPSA) is 96.2 Å². The highest BCUT2D eigenvalue weighted by Gasteiger charge is 2.44. The zero-order chi connectivity index (χ0) is 17.5. The molecule has 10 heteroatoms. The van der Waals surface area contributed by atoms with E-state index in [-0.39, 0.29) is 24.5 Å². The summed E-state index contributed by atoms with van der Waals surface area (Å²) in [6, 6.07) is 2.05. The molecule has 0 spiro atoms. The van der Waals surface area contributed by atoms with Crippen molar-refractivity contribution in [1.82, 2.24) is 40.0 Å². The zero-order valence-corrected chi connectivity index (χ0v) is 14.5. The van der Waals surface area contributed by atoms with E-state index < -0.39 is 0 Å². The summed E-state index contributed by atoms with van der Waals surface area (Å²) < 4.78 is 1.68. The number of hydrogen-bond donors (Lipinski definition) is 0. The lowest BCUT2D eigenvalue weighted by molar-refractivity contribution is -0.133. The summed E-state index contributed by atoms with van der Waals surface area (Å²) >= 11 is 0. The second-order valence-electron chi connectivity index (χ2n) is 7.01. The van der Waals surface area contributed by atoms with E-state index in [1.807, 2.05) is 11.0 Å². The monoisotopic (exact) mass is 355 g/mol. The van der Waals surface area contributed by atoms with Gasteiger partial charge in [-0.1, -0.05) is 0 Å². The SMILES string of the molecule is O=C1Cn2nnnc2[C@H](N2CCN(c3ncccn3)CC2)[C@H]2CCCN12. The number of hydrogen-bond acceptors (Lipinski definition) is 8. The van der Waals surface area contributed by atoms with Gasteiger partial charge in [0.05, 0.1) is 12.1 Å². The predicted molar refractivity (Wildman–Crippen MR) is 91.1 cm³/mol. The molecule has 10 nitrogen and oxygen atoms in total. The third kappa shape index (κ3) is 2.52. The van der Waals surface area contributed by atoms with Gasteiger partial charge in [-0.2, -0.15) is 0 Å². The zero-order valence-electron chi connectivity index (χ0n) is 14.5. The number of anilines is 1. The van der Waals surface area contributed by atoms with E-state index in [1.165, 1.54) is 0 Å². The molecule has 3 aliphatic rings. The Hall–Kier alpha value is -2.62. The molecule has 0 aromatic carbocycles. The Labute approximate surface area is 150 Å². The van der Waals surface area contributed by atoms with Gasteiger partial charge in [0.25, 0.3) is 0 Å². The average Bonchev–Trinajstić information content (AvgIpc) is 3.32. The molecule has 2 fully saturated rings. The van der Waals surface area contributed by atoms with Crippen LogP contribution in [0.2, 0.25) is 0 Å². The van der Waals surface area contributed by atoms with Crippen LogP contribution in [-0.4, -0.2) is 84.6 Å². The maximum absolute atomic E-state index is 12.6. The van der Waals surface area contributed by atoms with Crippen LogP contribution in [0, 0.1) is 0 Å². The molecule has 0 unspecified atom stereocenters. The van der Waals surface area contributed by atoms with Crippen molar-refractivity contribution in [2.24, 2.45) is 0 Å². The van der Waals surface area contributed by atoms with Crippen molar-refractivity contribution in [3.8, 4) is 0 Å². The second-order valence-corrected chi connectivity index (χ2v) is 7.01. The number of piperazine rings is 1. The van der Waals surface area contributed by atoms with Crippen LogP contribution >= 0.6 is 0 Å². The van der Waals surface area contributed by atoms with Gasteiger partial charge < -0.3 is 9.80 Å². The molecule has 0 bridgehead atoms. The van der Waals surface area contributed by atoms with Crippen molar-refractivity contribution >= 4 is 11.9 Å². The largest absolute Gasteiger partial charge is 0.338 e. The van der Waals surface area contributed by atoms with E-state index in [2.05, 4.69) is 35.3 Å². The van der Waals surface area contributed by atoms with Crippen LogP contribution in [0.25, 0.3) is 0 Å². The van der Waals surface area contributed by atoms with Crippen LogP contribution in [0.3, 0.4) is 0 Å². The number of nitrogens with zero attached hydrogens (tertiary/aromatic N) is 9. The van der Waals surface area contributed by atoms with Gasteiger partial charge in [0.2, 0.25) is 11.9 Å². The van der Waals surface area contributed by atoms with Gasteiger partial charge in [0.15, 0.2) is 5.82 Å². The normalized spacial score (nSPS) is 26.5. The molecule has 2 aromatic rings. The number of rotatable bonds is 2. The first-order valence-electron chi connectivity index (χ1n) is 9.13. The van der Waals surface area contributed by atoms with Crippen LogP contribution in [0.15, 0.2) is 18.5 Å². The van der Waals surface area contributed by atoms with Gasteiger partial charge in [0, 0.05) is 45.1 Å². The van der Waals surface area contributed by atoms with Gasteiger partial charge in [0.1, 0.15) is 6.54 Å². The third-order valence-corrected chi connectivity index (χ3v) is 5.64. The fourth-order valence-electron chi connectivity index (χ4n) is 4.42. The minimum Gasteiger partial charge on any atom is -0.338 e. The molecule has 0 saturated carbocycles. The van der Waals surface area contributed by atoms with Crippen molar-refractivity contribution in [3.63, 3.8) is 0 Å². The van der Waals surface area contributed by atoms with Crippen LogP contribution in [0.4, 0.5) is 5.95 Å². The fraction of sp³-hybridized carbons (Fsp3) is 0.625. The lowest BCUT2D eigenvalue weighted by Gasteiger charge is -2.41. The Morgan fingerprint density at radius 2 is 1.85 bits per heavy atom. The molecular formula is C16H21N9O. The Morgan fingerprint density at radius 3 is 2.65 bits per heavy atom. The molecule has 0 aliphatic carbocycles. The fourth-order valence-corrected chi connectivity index (χ4v) is 4.42. The van der Waals surface area contributed by atoms with Crippen LogP contribution in [0.5, 0.6) is 0 Å². The highest BCUT2D eigenvalue weighted by atomic mass is 16.2. The molecule has 2 atom stereocenters. The Kier molecular flexibility index (Phi) is 3.77. The summed E-state index contributed by atoms with van der Waals surface area (Å²) in [5, 5.41) is 12.2. The van der Waals surface area contributed by atoms with E-state index in [0.717, 1.165) is 57.3 Å². The molecule has 2 saturated heterocycles. The summed E-state index contributed by atoms with van der Waals surface area (Å²) in [6.45, 7) is 4.51. The Balaban J connectivity index is 1.40. The van der Waals surface area contributed by atoms with E-state index in [4.69, 9.17) is 0 Å². The number of carbonyl (C=O) groups is 1. The first-order valence-corrected chi connectivity index (χ1v) is 9.13. The summed E-state index contributed by atoms with van der Waals surface area (Å²) in [6.07, 6.45) is 5.60. The van der Waals surface area contributed by atoms with Crippen molar-refractivity contribution in [2.45, 2.75) is 31.5 Å². The number of tetrazole rings is 1. The minimum atomic E-state index is 0.0535. The summed E-state index contributed by atoms with van der Waals surface area (Å²) in [7, 11) is 0. The standard InChI is InChI=1S/C16H21N9O/c26-13-11-25-15(19-20-21-25)14(12-3-1-6-24(12)13)22-7-9-23(10-8-22)16-17-4-2-5-18-16/h2,4-5,12,14H,1,3,6-11H2/t12-,14-/m1/s1. The first kappa shape index (κ1) is 15.6. The molecule has 2 aromatic heterocycles. The summed E-state index contributed by atoms with van der Waals surface area (Å²) in [4.78, 5) is 27.9. The molecule has 1 amide bonds. The quantitative estimate of drug-likeness (QED) is 0.700. The Bertz CT molecular complexity index is 786. The average molecular weight is 355 g/mol. The van der Waals surface area contributed by atoms with Gasteiger partial charge >= 0.3 is 0 Å². The van der Waals surface area contributed by atoms with Crippen LogP contribution in [0.1, 0.15) is 24.7 Å². The van der Waals surface area contributed by atoms with Crippen LogP contribution in [-0.2, 0) is 11.3 Å². The number of aromatic nitrogens is 6. The number of carbonyl (C=O) groups excluding carboxylic acids is 1. The maximum atomic E-state index is 12.6. The molecule has 0 radical (unpaired) electrons. The van der Waals surface area contributed by atoms with E-state index in [0.29, 0.717) is 0 Å². The van der Waals surface area contributed by atoms with E-state index >= 15 is 0 Å². The van der Waals surface area contributed by atoms with Gasteiger partial charge in [-0.15, -0.1) is 5.10 Å². The molecule has 5 heterocycles. The van der Waals surface area contributed by atoms with Crippen molar-refractivity contribution in [3.05, 3.63) is 24.3 Å². The molecule has 3 aliphatic heterocycles.